The summed E-state index contributed by atoms with van der Waals surface area (Å²) in [7, 11) is 0. The second kappa shape index (κ2) is 5.18. The summed E-state index contributed by atoms with van der Waals surface area (Å²) in [6.45, 7) is 1.64. The van der Waals surface area contributed by atoms with Crippen LogP contribution in [0.15, 0.2) is 36.0 Å². The third-order valence-corrected chi connectivity index (χ3v) is 2.04. The quantitative estimate of drug-likeness (QED) is 0.779. The number of nitriles is 1. The molecule has 0 aliphatic rings. The first kappa shape index (κ1) is 11.3. The third kappa shape index (κ3) is 3.12. The van der Waals surface area contributed by atoms with E-state index >= 15 is 0 Å². The molecule has 0 radical (unpaired) electrons. The van der Waals surface area contributed by atoms with E-state index in [2.05, 4.69) is 5.32 Å². The van der Waals surface area contributed by atoms with Crippen LogP contribution >= 0.6 is 11.6 Å². The van der Waals surface area contributed by atoms with Crippen LogP contribution in [0, 0.1) is 11.3 Å². The van der Waals surface area contributed by atoms with Gasteiger partial charge in [-0.15, -0.1) is 0 Å². The first-order valence-corrected chi connectivity index (χ1v) is 4.65. The van der Waals surface area contributed by atoms with E-state index in [1.807, 2.05) is 6.07 Å². The molecule has 1 rings (SSSR count). The van der Waals surface area contributed by atoms with Crippen molar-refractivity contribution in [2.75, 3.05) is 0 Å². The van der Waals surface area contributed by atoms with Crippen molar-refractivity contribution >= 4 is 17.5 Å². The molecule has 0 aromatic heterocycles. The first-order chi connectivity index (χ1) is 7.15. The van der Waals surface area contributed by atoms with Crippen LogP contribution < -0.4 is 5.32 Å². The van der Waals surface area contributed by atoms with Gasteiger partial charge in [-0.05, 0) is 19.1 Å². The standard InChI is InChI=1S/C11H9ClN2O/c1-8(6-7-13)14-11(15)9-4-2-3-5-10(9)12/h2-6H,1H3,(H,14,15)/b8-6-. The highest BCUT2D eigenvalue weighted by molar-refractivity contribution is 6.33. The topological polar surface area (TPSA) is 52.9 Å². The molecule has 0 aliphatic heterocycles. The fourth-order valence-electron chi connectivity index (χ4n) is 1.02. The van der Waals surface area contributed by atoms with Gasteiger partial charge < -0.3 is 5.32 Å². The zero-order chi connectivity index (χ0) is 11.3. The molecule has 4 heteroatoms. The molecule has 0 aliphatic carbocycles. The fourth-order valence-corrected chi connectivity index (χ4v) is 1.25. The van der Waals surface area contributed by atoms with Gasteiger partial charge in [0.1, 0.15) is 0 Å². The van der Waals surface area contributed by atoms with Crippen molar-refractivity contribution < 1.29 is 4.79 Å². The molecular formula is C11H9ClN2O. The summed E-state index contributed by atoms with van der Waals surface area (Å²) in [6, 6.07) is 8.56. The highest BCUT2D eigenvalue weighted by atomic mass is 35.5. The normalized spacial score (nSPS) is 10.6. The number of allylic oxidation sites excluding steroid dienone is 2. The molecule has 0 heterocycles. The molecular weight excluding hydrogens is 212 g/mol. The summed E-state index contributed by atoms with van der Waals surface area (Å²) < 4.78 is 0. The van der Waals surface area contributed by atoms with Gasteiger partial charge in [0.25, 0.3) is 5.91 Å². The number of carbonyl (C=O) groups excluding carboxylic acids is 1. The Balaban J connectivity index is 2.84. The molecule has 0 saturated carbocycles. The number of rotatable bonds is 2. The van der Waals surface area contributed by atoms with E-state index < -0.39 is 0 Å². The van der Waals surface area contributed by atoms with Crippen LogP contribution in [0.25, 0.3) is 0 Å². The van der Waals surface area contributed by atoms with Crippen molar-refractivity contribution in [2.24, 2.45) is 0 Å². The predicted molar refractivity (Wildman–Crippen MR) is 58.3 cm³/mol. The molecule has 0 fully saturated rings. The van der Waals surface area contributed by atoms with Gasteiger partial charge in [-0.2, -0.15) is 5.26 Å². The minimum atomic E-state index is -0.315. The van der Waals surface area contributed by atoms with Crippen LogP contribution in [0.3, 0.4) is 0 Å². The number of hydrogen-bond donors (Lipinski definition) is 1. The lowest BCUT2D eigenvalue weighted by atomic mass is 10.2. The highest BCUT2D eigenvalue weighted by Gasteiger charge is 2.08. The smallest absolute Gasteiger partial charge is 0.256 e. The van der Waals surface area contributed by atoms with Crippen molar-refractivity contribution in [3.8, 4) is 6.07 Å². The van der Waals surface area contributed by atoms with Crippen LogP contribution in [0.4, 0.5) is 0 Å². The largest absolute Gasteiger partial charge is 0.325 e. The van der Waals surface area contributed by atoms with Crippen molar-refractivity contribution in [2.45, 2.75) is 6.92 Å². The van der Waals surface area contributed by atoms with E-state index in [-0.39, 0.29) is 5.91 Å². The zero-order valence-corrected chi connectivity index (χ0v) is 8.88. The van der Waals surface area contributed by atoms with Crippen molar-refractivity contribution in [3.05, 3.63) is 46.6 Å². The summed E-state index contributed by atoms with van der Waals surface area (Å²) in [5, 5.41) is 11.3. The third-order valence-electron chi connectivity index (χ3n) is 1.71. The number of benzene rings is 1. The molecule has 0 atom stereocenters. The average molecular weight is 221 g/mol. The lowest BCUT2D eigenvalue weighted by Crippen LogP contribution is -2.21. The van der Waals surface area contributed by atoms with Gasteiger partial charge in [0.05, 0.1) is 16.7 Å². The van der Waals surface area contributed by atoms with Gasteiger partial charge in [-0.3, -0.25) is 4.79 Å². The van der Waals surface area contributed by atoms with Crippen LogP contribution in [-0.4, -0.2) is 5.91 Å². The zero-order valence-electron chi connectivity index (χ0n) is 8.12. The molecule has 1 aromatic carbocycles. The molecule has 0 saturated heterocycles. The minimum Gasteiger partial charge on any atom is -0.325 e. The van der Waals surface area contributed by atoms with E-state index in [1.54, 1.807) is 31.2 Å². The van der Waals surface area contributed by atoms with Gasteiger partial charge in [0.15, 0.2) is 0 Å². The Bertz CT molecular complexity index is 446. The number of halogens is 1. The first-order valence-electron chi connectivity index (χ1n) is 4.27. The molecule has 1 N–H and O–H groups in total. The van der Waals surface area contributed by atoms with Crippen LogP contribution in [0.1, 0.15) is 17.3 Å². The van der Waals surface area contributed by atoms with E-state index in [9.17, 15) is 4.79 Å². The highest BCUT2D eigenvalue weighted by Crippen LogP contribution is 2.14. The van der Waals surface area contributed by atoms with E-state index in [0.717, 1.165) is 0 Å². The van der Waals surface area contributed by atoms with Gasteiger partial charge in [-0.25, -0.2) is 0 Å². The van der Waals surface area contributed by atoms with Gasteiger partial charge in [-0.1, -0.05) is 23.7 Å². The predicted octanol–water partition coefficient (Wildman–Crippen LogP) is 2.50. The Morgan fingerprint density at radius 2 is 2.20 bits per heavy atom. The summed E-state index contributed by atoms with van der Waals surface area (Å²) in [4.78, 5) is 11.6. The van der Waals surface area contributed by atoms with E-state index in [0.29, 0.717) is 16.3 Å². The summed E-state index contributed by atoms with van der Waals surface area (Å²) >= 11 is 5.83. The summed E-state index contributed by atoms with van der Waals surface area (Å²) in [6.07, 6.45) is 1.26. The second-order valence-corrected chi connectivity index (χ2v) is 3.30. The Kier molecular flexibility index (Phi) is 3.90. The van der Waals surface area contributed by atoms with Crippen LogP contribution in [0.2, 0.25) is 5.02 Å². The molecule has 3 nitrogen and oxygen atoms in total. The maximum Gasteiger partial charge on any atom is 0.256 e. The second-order valence-electron chi connectivity index (χ2n) is 2.89. The summed E-state index contributed by atoms with van der Waals surface area (Å²) in [5.41, 5.74) is 0.882. The van der Waals surface area contributed by atoms with E-state index in [4.69, 9.17) is 16.9 Å². The SMILES string of the molecule is C/C(=C/C#N)NC(=O)c1ccccc1Cl. The lowest BCUT2D eigenvalue weighted by Gasteiger charge is -2.05. The molecule has 1 amide bonds. The summed E-state index contributed by atoms with van der Waals surface area (Å²) in [5.74, 6) is -0.315. The number of hydrogen-bond acceptors (Lipinski definition) is 2. The molecule has 0 spiro atoms. The van der Waals surface area contributed by atoms with Crippen LogP contribution in [0.5, 0.6) is 0 Å². The molecule has 0 bridgehead atoms. The van der Waals surface area contributed by atoms with Crippen molar-refractivity contribution in [1.82, 2.24) is 5.32 Å². The van der Waals surface area contributed by atoms with Crippen molar-refractivity contribution in [1.29, 1.82) is 5.26 Å². The Hall–Kier alpha value is -1.79. The Morgan fingerprint density at radius 3 is 2.80 bits per heavy atom. The van der Waals surface area contributed by atoms with Gasteiger partial charge in [0, 0.05) is 11.8 Å². The van der Waals surface area contributed by atoms with Gasteiger partial charge >= 0.3 is 0 Å². The number of nitrogens with zero attached hydrogens (tertiary/aromatic N) is 1. The lowest BCUT2D eigenvalue weighted by molar-refractivity contribution is 0.0966. The number of nitrogens with one attached hydrogen (secondary N) is 1. The van der Waals surface area contributed by atoms with Gasteiger partial charge in [0.2, 0.25) is 0 Å². The molecule has 1 aromatic rings. The Labute approximate surface area is 93.0 Å². The minimum absolute atomic E-state index is 0.315. The maximum absolute atomic E-state index is 11.6. The number of carbonyl (C=O) groups is 1. The Morgan fingerprint density at radius 1 is 1.53 bits per heavy atom. The van der Waals surface area contributed by atoms with E-state index in [1.165, 1.54) is 6.08 Å². The monoisotopic (exact) mass is 220 g/mol. The molecule has 0 unspecified atom stereocenters. The van der Waals surface area contributed by atoms with Crippen LogP contribution in [-0.2, 0) is 0 Å². The van der Waals surface area contributed by atoms with Crippen molar-refractivity contribution in [3.63, 3.8) is 0 Å². The fraction of sp³-hybridized carbons (Fsp3) is 0.0909. The molecule has 76 valence electrons. The maximum atomic E-state index is 11.6. The number of amides is 1. The average Bonchev–Trinajstić information content (AvgIpc) is 2.18. The molecule has 15 heavy (non-hydrogen) atoms.